The summed E-state index contributed by atoms with van der Waals surface area (Å²) in [7, 11) is 1.73. The molecule has 0 bridgehead atoms. The van der Waals surface area contributed by atoms with Crippen molar-refractivity contribution in [2.24, 2.45) is 5.92 Å². The van der Waals surface area contributed by atoms with Gasteiger partial charge in [0, 0.05) is 45.1 Å². The van der Waals surface area contributed by atoms with Gasteiger partial charge >= 0.3 is 0 Å². The Hall–Kier alpha value is -2.57. The van der Waals surface area contributed by atoms with E-state index < -0.39 is 0 Å². The second-order valence-corrected chi connectivity index (χ2v) is 10.3. The summed E-state index contributed by atoms with van der Waals surface area (Å²) in [5.74, 6) is 2.34. The molecule has 1 saturated heterocycles. The minimum atomic E-state index is -0.0517. The standard InChI is InChI=1S/C30H40N2O4/c1-34-22-24-10-5-6-11-25(24)26(29(33)23-8-3-2-4-9-23)14-15-31-16-18-32(19-17-31)27-12-7-13-28-30(27)36-21-20-35-28/h5-7,10-13,23,26H,2-4,8-9,14-22H2,1H3. The molecule has 3 aliphatic rings. The normalized spacial score (nSPS) is 19.8. The zero-order chi connectivity index (χ0) is 24.7. The van der Waals surface area contributed by atoms with Crippen LogP contribution in [0, 0.1) is 5.92 Å². The summed E-state index contributed by atoms with van der Waals surface area (Å²) in [6.07, 6.45) is 6.60. The fourth-order valence-corrected chi connectivity index (χ4v) is 6.12. The van der Waals surface area contributed by atoms with Crippen LogP contribution in [0.1, 0.15) is 55.6 Å². The number of hydrogen-bond acceptors (Lipinski definition) is 6. The lowest BCUT2D eigenvalue weighted by Gasteiger charge is -2.38. The SMILES string of the molecule is COCc1ccccc1C(CCN1CCN(c2cccc3c2OCCO3)CC1)C(=O)C1CCCCC1. The summed E-state index contributed by atoms with van der Waals surface area (Å²) < 4.78 is 17.2. The maximum Gasteiger partial charge on any atom is 0.184 e. The van der Waals surface area contributed by atoms with E-state index in [2.05, 4.69) is 40.1 Å². The highest BCUT2D eigenvalue weighted by Gasteiger charge is 2.31. The summed E-state index contributed by atoms with van der Waals surface area (Å²) >= 11 is 0. The average molecular weight is 493 g/mol. The highest BCUT2D eigenvalue weighted by Crippen LogP contribution is 2.40. The molecule has 6 nitrogen and oxygen atoms in total. The molecule has 5 rings (SSSR count). The summed E-state index contributed by atoms with van der Waals surface area (Å²) in [6.45, 7) is 6.55. The van der Waals surface area contributed by atoms with Crippen LogP contribution in [0.3, 0.4) is 0 Å². The van der Waals surface area contributed by atoms with E-state index in [0.29, 0.717) is 25.6 Å². The molecule has 194 valence electrons. The number of hydrogen-bond donors (Lipinski definition) is 0. The molecule has 36 heavy (non-hydrogen) atoms. The highest BCUT2D eigenvalue weighted by molar-refractivity contribution is 5.88. The molecule has 0 N–H and O–H groups in total. The average Bonchev–Trinajstić information content (AvgIpc) is 2.94. The molecule has 0 aromatic heterocycles. The molecule has 6 heteroatoms. The zero-order valence-corrected chi connectivity index (χ0v) is 21.6. The number of ether oxygens (including phenoxy) is 3. The van der Waals surface area contributed by atoms with Gasteiger partial charge in [0.05, 0.1) is 12.3 Å². The third-order valence-corrected chi connectivity index (χ3v) is 8.07. The molecule has 2 aromatic rings. The number of ketones is 1. The first-order valence-electron chi connectivity index (χ1n) is 13.7. The summed E-state index contributed by atoms with van der Waals surface area (Å²) in [5.41, 5.74) is 3.45. The number of benzene rings is 2. The van der Waals surface area contributed by atoms with Crippen LogP contribution >= 0.6 is 0 Å². The van der Waals surface area contributed by atoms with Crippen LogP contribution in [-0.4, -0.2) is 63.7 Å². The van der Waals surface area contributed by atoms with E-state index in [-0.39, 0.29) is 11.8 Å². The molecule has 0 radical (unpaired) electrons. The predicted octanol–water partition coefficient (Wildman–Crippen LogP) is 5.05. The number of anilines is 1. The van der Waals surface area contributed by atoms with Crippen molar-refractivity contribution in [3.8, 4) is 11.5 Å². The maximum atomic E-state index is 13.8. The smallest absolute Gasteiger partial charge is 0.184 e. The van der Waals surface area contributed by atoms with E-state index in [1.165, 1.54) is 24.8 Å². The van der Waals surface area contributed by atoms with Crippen LogP contribution in [0.25, 0.3) is 0 Å². The third kappa shape index (κ3) is 5.70. The van der Waals surface area contributed by atoms with Gasteiger partial charge in [-0.3, -0.25) is 9.69 Å². The first-order valence-corrected chi connectivity index (χ1v) is 13.7. The van der Waals surface area contributed by atoms with Crippen LogP contribution in [0.2, 0.25) is 0 Å². The van der Waals surface area contributed by atoms with Crippen molar-refractivity contribution in [1.82, 2.24) is 4.90 Å². The molecular weight excluding hydrogens is 452 g/mol. The Labute approximate surface area is 215 Å². The number of carbonyl (C=O) groups excluding carboxylic acids is 1. The van der Waals surface area contributed by atoms with E-state index in [4.69, 9.17) is 14.2 Å². The number of piperazine rings is 1. The van der Waals surface area contributed by atoms with Crippen molar-refractivity contribution < 1.29 is 19.0 Å². The van der Waals surface area contributed by atoms with Gasteiger partial charge in [0.25, 0.3) is 0 Å². The van der Waals surface area contributed by atoms with Crippen LogP contribution < -0.4 is 14.4 Å². The molecule has 2 fully saturated rings. The summed E-state index contributed by atoms with van der Waals surface area (Å²) in [4.78, 5) is 18.7. The second-order valence-electron chi connectivity index (χ2n) is 10.3. The van der Waals surface area contributed by atoms with E-state index in [1.807, 2.05) is 12.1 Å². The number of methoxy groups -OCH3 is 1. The minimum Gasteiger partial charge on any atom is -0.486 e. The van der Waals surface area contributed by atoms with Gasteiger partial charge in [0.2, 0.25) is 0 Å². The van der Waals surface area contributed by atoms with Gasteiger partial charge < -0.3 is 19.1 Å². The lowest BCUT2D eigenvalue weighted by atomic mass is 9.77. The van der Waals surface area contributed by atoms with Gasteiger partial charge in [-0.1, -0.05) is 49.6 Å². The molecule has 0 spiro atoms. The van der Waals surface area contributed by atoms with Crippen molar-refractivity contribution >= 4 is 11.5 Å². The fourth-order valence-electron chi connectivity index (χ4n) is 6.12. The molecule has 2 heterocycles. The third-order valence-electron chi connectivity index (χ3n) is 8.07. The molecule has 1 saturated carbocycles. The van der Waals surface area contributed by atoms with E-state index >= 15 is 0 Å². The molecule has 1 atom stereocenters. The Morgan fingerprint density at radius 3 is 2.56 bits per heavy atom. The summed E-state index contributed by atoms with van der Waals surface area (Å²) in [6, 6.07) is 14.6. The van der Waals surface area contributed by atoms with E-state index in [0.717, 1.165) is 74.7 Å². The first-order chi connectivity index (χ1) is 17.7. The van der Waals surface area contributed by atoms with Crippen molar-refractivity contribution in [1.29, 1.82) is 0 Å². The second kappa shape index (κ2) is 12.1. The zero-order valence-electron chi connectivity index (χ0n) is 21.6. The predicted molar refractivity (Wildman–Crippen MR) is 142 cm³/mol. The Kier molecular flexibility index (Phi) is 8.44. The van der Waals surface area contributed by atoms with Crippen molar-refractivity contribution in [2.45, 2.75) is 51.0 Å². The minimum absolute atomic E-state index is 0.0517. The lowest BCUT2D eigenvalue weighted by Crippen LogP contribution is -2.47. The molecule has 1 unspecified atom stereocenters. The van der Waals surface area contributed by atoms with Crippen LogP contribution in [0.5, 0.6) is 11.5 Å². The highest BCUT2D eigenvalue weighted by atomic mass is 16.6. The van der Waals surface area contributed by atoms with Crippen LogP contribution in [0.15, 0.2) is 42.5 Å². The Balaban J connectivity index is 1.25. The van der Waals surface area contributed by atoms with Crippen LogP contribution in [-0.2, 0) is 16.1 Å². The maximum absolute atomic E-state index is 13.8. The molecular formula is C30H40N2O4. The molecule has 1 aliphatic carbocycles. The van der Waals surface area contributed by atoms with Crippen molar-refractivity contribution in [3.63, 3.8) is 0 Å². The van der Waals surface area contributed by atoms with Crippen molar-refractivity contribution in [2.75, 3.05) is 57.9 Å². The van der Waals surface area contributed by atoms with Crippen molar-refractivity contribution in [3.05, 3.63) is 53.6 Å². The monoisotopic (exact) mass is 492 g/mol. The van der Waals surface area contributed by atoms with Gasteiger partial charge in [0.1, 0.15) is 19.0 Å². The Morgan fingerprint density at radius 1 is 0.972 bits per heavy atom. The number of nitrogens with zero attached hydrogens (tertiary/aromatic N) is 2. The van der Waals surface area contributed by atoms with Gasteiger partial charge in [-0.15, -0.1) is 0 Å². The molecule has 2 aromatic carbocycles. The van der Waals surface area contributed by atoms with Gasteiger partial charge in [-0.05, 0) is 49.1 Å². The number of rotatable bonds is 9. The van der Waals surface area contributed by atoms with Crippen LogP contribution in [0.4, 0.5) is 5.69 Å². The van der Waals surface area contributed by atoms with Gasteiger partial charge in [0.15, 0.2) is 11.5 Å². The van der Waals surface area contributed by atoms with Gasteiger partial charge in [-0.2, -0.15) is 0 Å². The number of fused-ring (bicyclic) bond motifs is 1. The number of Topliss-reactive ketones (excluding diaryl/α,β-unsaturated/α-hetero) is 1. The molecule has 0 amide bonds. The largest absolute Gasteiger partial charge is 0.486 e. The van der Waals surface area contributed by atoms with Gasteiger partial charge in [-0.25, -0.2) is 0 Å². The number of para-hydroxylation sites is 1. The lowest BCUT2D eigenvalue weighted by molar-refractivity contribution is -0.125. The fraction of sp³-hybridized carbons (Fsp3) is 0.567. The molecule has 2 aliphatic heterocycles. The Morgan fingerprint density at radius 2 is 1.75 bits per heavy atom. The number of carbonyl (C=O) groups is 1. The van der Waals surface area contributed by atoms with E-state index in [9.17, 15) is 4.79 Å². The van der Waals surface area contributed by atoms with E-state index in [1.54, 1.807) is 7.11 Å². The topological polar surface area (TPSA) is 51.2 Å². The Bertz CT molecular complexity index is 1010. The first kappa shape index (κ1) is 25.1. The quantitative estimate of drug-likeness (QED) is 0.488. The summed E-state index contributed by atoms with van der Waals surface area (Å²) in [5, 5.41) is 0.